The molecule has 2 nitrogen and oxygen atoms in total. The van der Waals surface area contributed by atoms with Gasteiger partial charge in [-0.1, -0.05) is 46.8 Å². The molecule has 1 aromatic carbocycles. The number of hydrogen-bond donors (Lipinski definition) is 1. The van der Waals surface area contributed by atoms with Crippen molar-refractivity contribution in [1.29, 1.82) is 0 Å². The Labute approximate surface area is 118 Å². The Bertz CT molecular complexity index is 404. The first-order valence-electron chi connectivity index (χ1n) is 7.17. The molecule has 0 saturated heterocycles. The maximum absolute atomic E-state index is 5.49. The highest BCUT2D eigenvalue weighted by molar-refractivity contribution is 5.40. The summed E-state index contributed by atoms with van der Waals surface area (Å²) in [6.07, 6.45) is 0.991. The van der Waals surface area contributed by atoms with E-state index < -0.39 is 0 Å². The minimum atomic E-state index is 0.176. The van der Waals surface area contributed by atoms with Crippen LogP contribution in [-0.2, 0) is 11.8 Å². The highest BCUT2D eigenvalue weighted by Gasteiger charge is 2.17. The smallest absolute Gasteiger partial charge is 0.122 e. The number of nitrogens with one attached hydrogen (secondary N) is 1. The van der Waals surface area contributed by atoms with E-state index in [1.54, 1.807) is 7.11 Å². The third-order valence-corrected chi connectivity index (χ3v) is 3.29. The third kappa shape index (κ3) is 4.87. The first-order chi connectivity index (χ1) is 8.74. The molecule has 0 aliphatic heterocycles. The molecule has 0 aliphatic rings. The predicted octanol–water partition coefficient (Wildman–Crippen LogP) is 3.92. The van der Waals surface area contributed by atoms with E-state index in [2.05, 4.69) is 65.1 Å². The zero-order chi connectivity index (χ0) is 14.6. The van der Waals surface area contributed by atoms with Gasteiger partial charge in [-0.05, 0) is 36.0 Å². The molecular weight excluding hydrogens is 234 g/mol. The Kier molecular flexibility index (Phi) is 5.42. The van der Waals surface area contributed by atoms with Crippen molar-refractivity contribution in [3.63, 3.8) is 0 Å². The van der Waals surface area contributed by atoms with Crippen LogP contribution < -0.4 is 10.1 Å². The van der Waals surface area contributed by atoms with E-state index in [1.165, 1.54) is 11.1 Å². The molecule has 0 radical (unpaired) electrons. The molecule has 19 heavy (non-hydrogen) atoms. The molecule has 1 rings (SSSR count). The van der Waals surface area contributed by atoms with Gasteiger partial charge in [0.15, 0.2) is 0 Å². The Hall–Kier alpha value is -1.02. The standard InChI is InChI=1S/C17H29NO/c1-12(2)18-13(3)10-14-11-15(17(4,5)6)8-9-16(14)19-7/h8-9,11-13,18H,10H2,1-7H3. The molecule has 0 saturated carbocycles. The first-order valence-corrected chi connectivity index (χ1v) is 7.17. The normalized spacial score (nSPS) is 13.7. The number of hydrogen-bond acceptors (Lipinski definition) is 2. The van der Waals surface area contributed by atoms with E-state index in [0.29, 0.717) is 12.1 Å². The topological polar surface area (TPSA) is 21.3 Å². The maximum atomic E-state index is 5.49. The average molecular weight is 263 g/mol. The summed E-state index contributed by atoms with van der Waals surface area (Å²) in [6.45, 7) is 13.3. The Morgan fingerprint density at radius 2 is 1.79 bits per heavy atom. The van der Waals surface area contributed by atoms with Gasteiger partial charge in [-0.15, -0.1) is 0 Å². The summed E-state index contributed by atoms with van der Waals surface area (Å²) in [5.41, 5.74) is 2.83. The van der Waals surface area contributed by atoms with Crippen molar-refractivity contribution >= 4 is 0 Å². The minimum absolute atomic E-state index is 0.176. The summed E-state index contributed by atoms with van der Waals surface area (Å²) in [6, 6.07) is 7.51. The summed E-state index contributed by atoms with van der Waals surface area (Å²) in [5.74, 6) is 0.991. The lowest BCUT2D eigenvalue weighted by Gasteiger charge is -2.23. The molecule has 0 heterocycles. The molecule has 0 aliphatic carbocycles. The van der Waals surface area contributed by atoms with Crippen LogP contribution in [0.2, 0.25) is 0 Å². The number of benzene rings is 1. The van der Waals surface area contributed by atoms with Crippen molar-refractivity contribution in [1.82, 2.24) is 5.32 Å². The largest absolute Gasteiger partial charge is 0.496 e. The van der Waals surface area contributed by atoms with E-state index >= 15 is 0 Å². The van der Waals surface area contributed by atoms with Crippen molar-refractivity contribution in [2.24, 2.45) is 0 Å². The van der Waals surface area contributed by atoms with Gasteiger partial charge in [0.2, 0.25) is 0 Å². The van der Waals surface area contributed by atoms with Crippen LogP contribution in [0.1, 0.15) is 52.7 Å². The number of methoxy groups -OCH3 is 1. The van der Waals surface area contributed by atoms with Crippen LogP contribution in [0.25, 0.3) is 0 Å². The molecule has 108 valence electrons. The fraction of sp³-hybridized carbons (Fsp3) is 0.647. The van der Waals surface area contributed by atoms with Crippen molar-refractivity contribution in [2.45, 2.75) is 65.5 Å². The van der Waals surface area contributed by atoms with E-state index in [0.717, 1.165) is 12.2 Å². The van der Waals surface area contributed by atoms with Crippen LogP contribution >= 0.6 is 0 Å². The zero-order valence-electron chi connectivity index (χ0n) is 13.5. The van der Waals surface area contributed by atoms with Gasteiger partial charge in [0.05, 0.1) is 7.11 Å². The number of rotatable bonds is 5. The van der Waals surface area contributed by atoms with Gasteiger partial charge in [0, 0.05) is 12.1 Å². The SMILES string of the molecule is COc1ccc(C(C)(C)C)cc1CC(C)NC(C)C. The zero-order valence-corrected chi connectivity index (χ0v) is 13.5. The summed E-state index contributed by atoms with van der Waals surface area (Å²) < 4.78 is 5.49. The monoisotopic (exact) mass is 263 g/mol. The number of ether oxygens (including phenoxy) is 1. The van der Waals surface area contributed by atoms with Gasteiger partial charge in [0.25, 0.3) is 0 Å². The third-order valence-electron chi connectivity index (χ3n) is 3.29. The van der Waals surface area contributed by atoms with Gasteiger partial charge in [-0.2, -0.15) is 0 Å². The molecule has 0 amide bonds. The Morgan fingerprint density at radius 3 is 2.26 bits per heavy atom. The molecule has 0 spiro atoms. The quantitative estimate of drug-likeness (QED) is 0.869. The van der Waals surface area contributed by atoms with Crippen LogP contribution in [0.5, 0.6) is 5.75 Å². The molecule has 0 bridgehead atoms. The van der Waals surface area contributed by atoms with Crippen LogP contribution in [0, 0.1) is 0 Å². The highest BCUT2D eigenvalue weighted by atomic mass is 16.5. The summed E-state index contributed by atoms with van der Waals surface area (Å²) in [7, 11) is 1.75. The molecule has 0 fully saturated rings. The van der Waals surface area contributed by atoms with Gasteiger partial charge in [-0.3, -0.25) is 0 Å². The highest BCUT2D eigenvalue weighted by Crippen LogP contribution is 2.28. The van der Waals surface area contributed by atoms with Crippen LogP contribution in [-0.4, -0.2) is 19.2 Å². The molecule has 2 heteroatoms. The van der Waals surface area contributed by atoms with Crippen LogP contribution in [0.4, 0.5) is 0 Å². The second kappa shape index (κ2) is 6.42. The van der Waals surface area contributed by atoms with Crippen molar-refractivity contribution in [2.75, 3.05) is 7.11 Å². The van der Waals surface area contributed by atoms with Crippen molar-refractivity contribution < 1.29 is 4.74 Å². The minimum Gasteiger partial charge on any atom is -0.496 e. The van der Waals surface area contributed by atoms with E-state index in [4.69, 9.17) is 4.74 Å². The van der Waals surface area contributed by atoms with E-state index in [9.17, 15) is 0 Å². The van der Waals surface area contributed by atoms with Gasteiger partial charge < -0.3 is 10.1 Å². The molecule has 1 aromatic rings. The summed E-state index contributed by atoms with van der Waals surface area (Å²) >= 11 is 0. The molecule has 1 N–H and O–H groups in total. The predicted molar refractivity (Wildman–Crippen MR) is 83.1 cm³/mol. The first kappa shape index (κ1) is 16.0. The van der Waals surface area contributed by atoms with Crippen LogP contribution in [0.15, 0.2) is 18.2 Å². The summed E-state index contributed by atoms with van der Waals surface area (Å²) in [5, 5.41) is 3.55. The fourth-order valence-corrected chi connectivity index (χ4v) is 2.36. The second-order valence-electron chi connectivity index (χ2n) is 6.70. The Morgan fingerprint density at radius 1 is 1.16 bits per heavy atom. The lowest BCUT2D eigenvalue weighted by Crippen LogP contribution is -2.34. The van der Waals surface area contributed by atoms with Gasteiger partial charge in [-0.25, -0.2) is 0 Å². The lowest BCUT2D eigenvalue weighted by atomic mass is 9.85. The van der Waals surface area contributed by atoms with Gasteiger partial charge in [0.1, 0.15) is 5.75 Å². The second-order valence-corrected chi connectivity index (χ2v) is 6.70. The lowest BCUT2D eigenvalue weighted by molar-refractivity contribution is 0.403. The molecule has 0 aromatic heterocycles. The Balaban J connectivity index is 2.96. The fourth-order valence-electron chi connectivity index (χ4n) is 2.36. The summed E-state index contributed by atoms with van der Waals surface area (Å²) in [4.78, 5) is 0. The van der Waals surface area contributed by atoms with Crippen LogP contribution in [0.3, 0.4) is 0 Å². The maximum Gasteiger partial charge on any atom is 0.122 e. The van der Waals surface area contributed by atoms with Gasteiger partial charge >= 0.3 is 0 Å². The van der Waals surface area contributed by atoms with Crippen molar-refractivity contribution in [3.05, 3.63) is 29.3 Å². The van der Waals surface area contributed by atoms with Crippen molar-refractivity contribution in [3.8, 4) is 5.75 Å². The molecular formula is C17H29NO. The average Bonchev–Trinajstić information content (AvgIpc) is 2.26. The van der Waals surface area contributed by atoms with E-state index in [-0.39, 0.29) is 5.41 Å². The molecule has 1 unspecified atom stereocenters. The van der Waals surface area contributed by atoms with E-state index in [1.807, 2.05) is 0 Å². The molecule has 1 atom stereocenters.